The normalized spacial score (nSPS) is 13.5. The molecule has 5 nitrogen and oxygen atoms in total. The van der Waals surface area contributed by atoms with Crippen LogP contribution >= 0.6 is 35.6 Å². The predicted molar refractivity (Wildman–Crippen MR) is 114 cm³/mol. The van der Waals surface area contributed by atoms with Crippen LogP contribution in [0, 0.1) is 4.77 Å². The predicted octanol–water partition coefficient (Wildman–Crippen LogP) is 5.15. The van der Waals surface area contributed by atoms with Gasteiger partial charge in [0.15, 0.2) is 10.6 Å². The molecule has 0 saturated heterocycles. The Labute approximate surface area is 177 Å². The fourth-order valence-electron chi connectivity index (χ4n) is 2.88. The third-order valence-electron chi connectivity index (χ3n) is 4.53. The van der Waals surface area contributed by atoms with Gasteiger partial charge in [0.1, 0.15) is 0 Å². The van der Waals surface area contributed by atoms with Gasteiger partial charge in [0.25, 0.3) is 5.91 Å². The number of thioether (sulfide) groups is 1. The molecule has 4 rings (SSSR count). The number of H-pyrrole nitrogens is 1. The molecule has 3 aromatic rings. The molecule has 1 saturated carbocycles. The summed E-state index contributed by atoms with van der Waals surface area (Å²) in [5.41, 5.74) is 1.79. The van der Waals surface area contributed by atoms with Crippen LogP contribution in [0.3, 0.4) is 0 Å². The van der Waals surface area contributed by atoms with Gasteiger partial charge < -0.3 is 5.32 Å². The number of hydrogen-bond acceptors (Lipinski definition) is 4. The molecule has 1 aromatic heterocycles. The van der Waals surface area contributed by atoms with Crippen molar-refractivity contribution in [1.29, 1.82) is 0 Å². The fourth-order valence-corrected chi connectivity index (χ4v) is 4.16. The zero-order valence-electron chi connectivity index (χ0n) is 15.0. The Balaban J connectivity index is 1.32. The van der Waals surface area contributed by atoms with Crippen molar-refractivity contribution < 1.29 is 4.79 Å². The lowest BCUT2D eigenvalue weighted by molar-refractivity contribution is 0.0949. The Morgan fingerprint density at radius 2 is 1.93 bits per heavy atom. The second-order valence-corrected chi connectivity index (χ2v) is 8.54. The first-order valence-electron chi connectivity index (χ1n) is 9.01. The molecule has 0 aliphatic heterocycles. The van der Waals surface area contributed by atoms with Crippen molar-refractivity contribution in [3.63, 3.8) is 0 Å². The lowest BCUT2D eigenvalue weighted by Gasteiger charge is -2.08. The van der Waals surface area contributed by atoms with Gasteiger partial charge in [-0.2, -0.15) is 5.10 Å². The van der Waals surface area contributed by atoms with Crippen molar-refractivity contribution in [3.05, 3.63) is 75.3 Å². The minimum atomic E-state index is -0.117. The van der Waals surface area contributed by atoms with Crippen LogP contribution in [0.2, 0.25) is 5.02 Å². The molecule has 2 N–H and O–H groups in total. The zero-order chi connectivity index (χ0) is 19.5. The molecule has 0 spiro atoms. The van der Waals surface area contributed by atoms with Gasteiger partial charge in [-0.25, -0.2) is 0 Å². The van der Waals surface area contributed by atoms with E-state index < -0.39 is 0 Å². The maximum absolute atomic E-state index is 12.4. The summed E-state index contributed by atoms with van der Waals surface area (Å²) in [4.78, 5) is 13.6. The second-order valence-electron chi connectivity index (χ2n) is 6.67. The molecule has 0 unspecified atom stereocenters. The standard InChI is InChI=1S/C20H19ClN4OS2/c21-15-5-9-17(10-6-15)28-12-13-1-3-14(4-2-13)19(26)22-11-18-23-24-20(27)25(18)16-7-8-16/h1-6,9-10,16H,7-8,11-12H2,(H,22,26)(H,24,27). The van der Waals surface area contributed by atoms with E-state index >= 15 is 0 Å². The largest absolute Gasteiger partial charge is 0.345 e. The van der Waals surface area contributed by atoms with E-state index in [1.54, 1.807) is 11.8 Å². The van der Waals surface area contributed by atoms with Crippen LogP contribution in [0.1, 0.15) is 40.6 Å². The van der Waals surface area contributed by atoms with Gasteiger partial charge in [-0.3, -0.25) is 14.5 Å². The van der Waals surface area contributed by atoms with E-state index in [9.17, 15) is 4.79 Å². The molecule has 1 heterocycles. The third-order valence-corrected chi connectivity index (χ3v) is 6.15. The van der Waals surface area contributed by atoms with E-state index in [0.29, 0.717) is 22.9 Å². The SMILES string of the molecule is O=C(NCc1n[nH]c(=S)n1C1CC1)c1ccc(CSc2ccc(Cl)cc2)cc1. The molecule has 8 heteroatoms. The minimum Gasteiger partial charge on any atom is -0.345 e. The van der Waals surface area contributed by atoms with Crippen molar-refractivity contribution in [3.8, 4) is 0 Å². The molecule has 144 valence electrons. The molecule has 1 aliphatic carbocycles. The number of amides is 1. The van der Waals surface area contributed by atoms with Gasteiger partial charge in [0.05, 0.1) is 6.54 Å². The highest BCUT2D eigenvalue weighted by Crippen LogP contribution is 2.35. The summed E-state index contributed by atoms with van der Waals surface area (Å²) in [6, 6.07) is 15.9. The number of nitrogens with zero attached hydrogens (tertiary/aromatic N) is 2. The maximum Gasteiger partial charge on any atom is 0.251 e. The summed E-state index contributed by atoms with van der Waals surface area (Å²) in [5, 5.41) is 10.7. The number of hydrogen-bond donors (Lipinski definition) is 2. The quantitative estimate of drug-likeness (QED) is 0.402. The number of halogens is 1. The summed E-state index contributed by atoms with van der Waals surface area (Å²) >= 11 is 12.9. The summed E-state index contributed by atoms with van der Waals surface area (Å²) < 4.78 is 2.63. The average molecular weight is 431 g/mol. The number of aromatic nitrogens is 3. The summed E-state index contributed by atoms with van der Waals surface area (Å²) in [7, 11) is 0. The van der Waals surface area contributed by atoms with E-state index in [-0.39, 0.29) is 5.91 Å². The fraction of sp³-hybridized carbons (Fsp3) is 0.250. The molecule has 2 aromatic carbocycles. The van der Waals surface area contributed by atoms with Crippen LogP contribution in [0.25, 0.3) is 0 Å². The van der Waals surface area contributed by atoms with Gasteiger partial charge in [0.2, 0.25) is 0 Å². The van der Waals surface area contributed by atoms with Gasteiger partial charge in [-0.15, -0.1) is 11.8 Å². The number of nitrogens with one attached hydrogen (secondary N) is 2. The first kappa shape index (κ1) is 19.2. The van der Waals surface area contributed by atoms with E-state index in [4.69, 9.17) is 23.8 Å². The monoisotopic (exact) mass is 430 g/mol. The summed E-state index contributed by atoms with van der Waals surface area (Å²) in [6.45, 7) is 0.358. The van der Waals surface area contributed by atoms with Gasteiger partial charge >= 0.3 is 0 Å². The van der Waals surface area contributed by atoms with E-state index in [1.165, 1.54) is 0 Å². The van der Waals surface area contributed by atoms with E-state index in [0.717, 1.165) is 39.9 Å². The van der Waals surface area contributed by atoms with Crippen LogP contribution in [-0.4, -0.2) is 20.7 Å². The highest BCUT2D eigenvalue weighted by Gasteiger charge is 2.27. The third kappa shape index (κ3) is 4.66. The lowest BCUT2D eigenvalue weighted by Crippen LogP contribution is -2.24. The Morgan fingerprint density at radius 3 is 2.61 bits per heavy atom. The van der Waals surface area contributed by atoms with Gasteiger partial charge in [-0.05, 0) is 67.0 Å². The van der Waals surface area contributed by atoms with Crippen molar-refractivity contribution in [2.24, 2.45) is 0 Å². The second kappa shape index (κ2) is 8.51. The van der Waals surface area contributed by atoms with Crippen molar-refractivity contribution in [2.75, 3.05) is 0 Å². The zero-order valence-corrected chi connectivity index (χ0v) is 17.4. The smallest absolute Gasteiger partial charge is 0.251 e. The number of carbonyl (C=O) groups excluding carboxylic acids is 1. The van der Waals surface area contributed by atoms with Crippen LogP contribution in [0.4, 0.5) is 0 Å². The Morgan fingerprint density at radius 1 is 1.21 bits per heavy atom. The van der Waals surface area contributed by atoms with Crippen molar-refractivity contribution >= 4 is 41.5 Å². The first-order valence-corrected chi connectivity index (χ1v) is 10.8. The van der Waals surface area contributed by atoms with E-state index in [2.05, 4.69) is 15.5 Å². The lowest BCUT2D eigenvalue weighted by atomic mass is 10.1. The van der Waals surface area contributed by atoms with Gasteiger partial charge in [-0.1, -0.05) is 23.7 Å². The summed E-state index contributed by atoms with van der Waals surface area (Å²) in [6.07, 6.45) is 2.23. The van der Waals surface area contributed by atoms with Crippen molar-refractivity contribution in [1.82, 2.24) is 20.1 Å². The average Bonchev–Trinajstić information content (AvgIpc) is 3.48. The Bertz CT molecular complexity index is 1020. The van der Waals surface area contributed by atoms with Crippen LogP contribution in [0.15, 0.2) is 53.4 Å². The Kier molecular flexibility index (Phi) is 5.85. The number of carbonyl (C=O) groups is 1. The van der Waals surface area contributed by atoms with Crippen LogP contribution in [0.5, 0.6) is 0 Å². The minimum absolute atomic E-state index is 0.117. The molecule has 1 aliphatic rings. The summed E-state index contributed by atoms with van der Waals surface area (Å²) in [5.74, 6) is 1.49. The Hall–Kier alpha value is -2.09. The topological polar surface area (TPSA) is 62.7 Å². The van der Waals surface area contributed by atoms with Crippen molar-refractivity contribution in [2.45, 2.75) is 36.1 Å². The highest BCUT2D eigenvalue weighted by atomic mass is 35.5. The maximum atomic E-state index is 12.4. The van der Waals surface area contributed by atoms with Crippen LogP contribution in [-0.2, 0) is 12.3 Å². The molecule has 0 bridgehead atoms. The molecular formula is C20H19ClN4OS2. The molecule has 0 radical (unpaired) electrons. The number of rotatable bonds is 7. The molecule has 28 heavy (non-hydrogen) atoms. The van der Waals surface area contributed by atoms with Gasteiger partial charge in [0, 0.05) is 27.3 Å². The molecule has 1 fully saturated rings. The number of benzene rings is 2. The molecule has 0 atom stereocenters. The van der Waals surface area contributed by atoms with Crippen LogP contribution < -0.4 is 5.32 Å². The molecular weight excluding hydrogens is 412 g/mol. The first-order chi connectivity index (χ1) is 13.6. The van der Waals surface area contributed by atoms with E-state index in [1.807, 2.05) is 53.1 Å². The molecule has 1 amide bonds. The number of aromatic amines is 1. The highest BCUT2D eigenvalue weighted by molar-refractivity contribution is 7.98.